The molecule has 0 amide bonds. The number of carbonyl (C=O) groups is 1. The molecular weight excluding hydrogens is 204 g/mol. The number of nitriles is 1. The van der Waals surface area contributed by atoms with Gasteiger partial charge in [0.15, 0.2) is 0 Å². The van der Waals surface area contributed by atoms with E-state index < -0.39 is 5.97 Å². The smallest absolute Gasteiger partial charge is 0.305 e. The molecule has 0 saturated heterocycles. The predicted molar refractivity (Wildman–Crippen MR) is 61.3 cm³/mol. The van der Waals surface area contributed by atoms with E-state index in [1.165, 1.54) is 0 Å². The van der Waals surface area contributed by atoms with Crippen LogP contribution in [0, 0.1) is 11.3 Å². The minimum Gasteiger partial charge on any atom is -0.481 e. The number of hydrogen-bond acceptors (Lipinski definition) is 3. The molecule has 0 heterocycles. The van der Waals surface area contributed by atoms with E-state index in [1.54, 1.807) is 18.2 Å². The van der Waals surface area contributed by atoms with Gasteiger partial charge in [-0.3, -0.25) is 4.79 Å². The van der Waals surface area contributed by atoms with E-state index in [-0.39, 0.29) is 6.42 Å². The van der Waals surface area contributed by atoms with E-state index in [2.05, 4.69) is 6.07 Å². The number of carboxylic acid groups (broad SMARTS) is 1. The molecule has 0 fully saturated rings. The van der Waals surface area contributed by atoms with Crippen LogP contribution in [0.5, 0.6) is 0 Å². The van der Waals surface area contributed by atoms with Crippen molar-refractivity contribution >= 4 is 11.7 Å². The highest BCUT2D eigenvalue weighted by Crippen LogP contribution is 2.15. The molecule has 0 spiro atoms. The zero-order chi connectivity index (χ0) is 12.0. The van der Waals surface area contributed by atoms with Gasteiger partial charge in [-0.05, 0) is 25.1 Å². The molecule has 4 nitrogen and oxygen atoms in total. The fourth-order valence-electron chi connectivity index (χ4n) is 1.47. The molecule has 1 rings (SSSR count). The third kappa shape index (κ3) is 3.28. The lowest BCUT2D eigenvalue weighted by molar-refractivity contribution is -0.136. The van der Waals surface area contributed by atoms with Crippen LogP contribution in [0.25, 0.3) is 0 Å². The molecule has 0 bridgehead atoms. The lowest BCUT2D eigenvalue weighted by Crippen LogP contribution is -2.25. The van der Waals surface area contributed by atoms with Gasteiger partial charge in [-0.25, -0.2) is 0 Å². The maximum atomic E-state index is 10.5. The van der Waals surface area contributed by atoms with E-state index >= 15 is 0 Å². The Morgan fingerprint density at radius 2 is 2.31 bits per heavy atom. The summed E-state index contributed by atoms with van der Waals surface area (Å²) < 4.78 is 0. The van der Waals surface area contributed by atoms with Gasteiger partial charge < -0.3 is 10.0 Å². The van der Waals surface area contributed by atoms with Gasteiger partial charge in [-0.1, -0.05) is 6.07 Å². The van der Waals surface area contributed by atoms with Crippen molar-refractivity contribution in [3.8, 4) is 6.07 Å². The topological polar surface area (TPSA) is 64.3 Å². The molecule has 0 aliphatic rings. The summed E-state index contributed by atoms with van der Waals surface area (Å²) in [7, 11) is 0. The van der Waals surface area contributed by atoms with Crippen LogP contribution in [0.1, 0.15) is 18.9 Å². The van der Waals surface area contributed by atoms with Crippen molar-refractivity contribution in [2.75, 3.05) is 18.0 Å². The first kappa shape index (κ1) is 12.1. The Kier molecular flexibility index (Phi) is 4.34. The number of anilines is 1. The summed E-state index contributed by atoms with van der Waals surface area (Å²) in [4.78, 5) is 12.4. The zero-order valence-electron chi connectivity index (χ0n) is 9.18. The van der Waals surface area contributed by atoms with Gasteiger partial charge in [0.25, 0.3) is 0 Å². The number of nitrogens with zero attached hydrogens (tertiary/aromatic N) is 2. The second-order valence-corrected chi connectivity index (χ2v) is 3.39. The first-order chi connectivity index (χ1) is 7.67. The van der Waals surface area contributed by atoms with Crippen LogP contribution in [0.15, 0.2) is 24.3 Å². The van der Waals surface area contributed by atoms with Crippen LogP contribution < -0.4 is 4.90 Å². The van der Waals surface area contributed by atoms with Crippen molar-refractivity contribution in [3.63, 3.8) is 0 Å². The third-order valence-electron chi connectivity index (χ3n) is 2.32. The average molecular weight is 218 g/mol. The van der Waals surface area contributed by atoms with Crippen molar-refractivity contribution in [1.29, 1.82) is 5.26 Å². The second kappa shape index (κ2) is 5.76. The largest absolute Gasteiger partial charge is 0.481 e. The van der Waals surface area contributed by atoms with Gasteiger partial charge in [0.05, 0.1) is 18.1 Å². The maximum Gasteiger partial charge on any atom is 0.305 e. The van der Waals surface area contributed by atoms with Gasteiger partial charge in [0.2, 0.25) is 0 Å². The predicted octanol–water partition coefficient (Wildman–Crippen LogP) is 1.86. The Morgan fingerprint density at radius 1 is 1.56 bits per heavy atom. The molecule has 1 aromatic rings. The summed E-state index contributed by atoms with van der Waals surface area (Å²) in [5, 5.41) is 17.4. The molecule has 0 aromatic heterocycles. The normalized spacial score (nSPS) is 9.50. The molecule has 1 aromatic carbocycles. The van der Waals surface area contributed by atoms with E-state index in [1.807, 2.05) is 17.9 Å². The third-order valence-corrected chi connectivity index (χ3v) is 2.32. The molecule has 0 atom stereocenters. The Morgan fingerprint density at radius 3 is 2.88 bits per heavy atom. The molecule has 0 radical (unpaired) electrons. The van der Waals surface area contributed by atoms with Crippen LogP contribution in [-0.4, -0.2) is 24.2 Å². The molecule has 0 saturated carbocycles. The van der Waals surface area contributed by atoms with Crippen molar-refractivity contribution in [3.05, 3.63) is 29.8 Å². The van der Waals surface area contributed by atoms with E-state index in [0.717, 1.165) is 12.2 Å². The minimum atomic E-state index is -0.810. The molecule has 16 heavy (non-hydrogen) atoms. The summed E-state index contributed by atoms with van der Waals surface area (Å²) in [6.45, 7) is 3.14. The minimum absolute atomic E-state index is 0.102. The first-order valence-electron chi connectivity index (χ1n) is 5.14. The van der Waals surface area contributed by atoms with Gasteiger partial charge >= 0.3 is 5.97 Å². The zero-order valence-corrected chi connectivity index (χ0v) is 9.18. The summed E-state index contributed by atoms with van der Waals surface area (Å²) in [6, 6.07) is 9.25. The lowest BCUT2D eigenvalue weighted by atomic mass is 10.2. The van der Waals surface area contributed by atoms with Gasteiger partial charge in [-0.15, -0.1) is 0 Å². The van der Waals surface area contributed by atoms with Crippen LogP contribution >= 0.6 is 0 Å². The number of aliphatic carboxylic acids is 1. The molecule has 0 aliphatic carbocycles. The Bertz CT molecular complexity index is 410. The summed E-state index contributed by atoms with van der Waals surface area (Å²) in [6.07, 6.45) is 0.102. The molecule has 1 N–H and O–H groups in total. The van der Waals surface area contributed by atoms with Crippen molar-refractivity contribution in [2.45, 2.75) is 13.3 Å². The number of hydrogen-bond donors (Lipinski definition) is 1. The molecule has 0 unspecified atom stereocenters. The van der Waals surface area contributed by atoms with Crippen molar-refractivity contribution in [1.82, 2.24) is 0 Å². The Labute approximate surface area is 94.7 Å². The monoisotopic (exact) mass is 218 g/mol. The lowest BCUT2D eigenvalue weighted by Gasteiger charge is -2.22. The number of rotatable bonds is 5. The van der Waals surface area contributed by atoms with Crippen molar-refractivity contribution in [2.24, 2.45) is 0 Å². The van der Waals surface area contributed by atoms with Crippen LogP contribution in [0.4, 0.5) is 5.69 Å². The van der Waals surface area contributed by atoms with Gasteiger partial charge in [0.1, 0.15) is 0 Å². The highest BCUT2D eigenvalue weighted by molar-refractivity contribution is 5.67. The SMILES string of the molecule is CCN(CCC(=O)O)c1cccc(C#N)c1. The maximum absolute atomic E-state index is 10.5. The standard InChI is InChI=1S/C12H14N2O2/c1-2-14(7-6-12(15)16)11-5-3-4-10(8-11)9-13/h3-5,8H,2,6-7H2,1H3,(H,15,16). The highest BCUT2D eigenvalue weighted by Gasteiger charge is 2.06. The van der Waals surface area contributed by atoms with E-state index in [9.17, 15) is 4.79 Å². The van der Waals surface area contributed by atoms with Crippen LogP contribution in [0.2, 0.25) is 0 Å². The summed E-state index contributed by atoms with van der Waals surface area (Å²) >= 11 is 0. The van der Waals surface area contributed by atoms with E-state index in [4.69, 9.17) is 10.4 Å². The van der Waals surface area contributed by atoms with Crippen LogP contribution in [-0.2, 0) is 4.79 Å². The first-order valence-corrected chi connectivity index (χ1v) is 5.14. The molecule has 0 aliphatic heterocycles. The van der Waals surface area contributed by atoms with E-state index in [0.29, 0.717) is 12.1 Å². The quantitative estimate of drug-likeness (QED) is 0.819. The second-order valence-electron chi connectivity index (χ2n) is 3.39. The Hall–Kier alpha value is -2.02. The average Bonchev–Trinajstić information content (AvgIpc) is 2.30. The van der Waals surface area contributed by atoms with Crippen molar-refractivity contribution < 1.29 is 9.90 Å². The molecule has 84 valence electrons. The summed E-state index contributed by atoms with van der Waals surface area (Å²) in [5.74, 6) is -0.810. The fraction of sp³-hybridized carbons (Fsp3) is 0.333. The Balaban J connectivity index is 2.78. The van der Waals surface area contributed by atoms with Gasteiger partial charge in [0, 0.05) is 18.8 Å². The molecular formula is C12H14N2O2. The number of benzene rings is 1. The highest BCUT2D eigenvalue weighted by atomic mass is 16.4. The number of carboxylic acids is 1. The van der Waals surface area contributed by atoms with Gasteiger partial charge in [-0.2, -0.15) is 5.26 Å². The summed E-state index contributed by atoms with van der Waals surface area (Å²) in [5.41, 5.74) is 1.48. The fourth-order valence-corrected chi connectivity index (χ4v) is 1.47. The van der Waals surface area contributed by atoms with Crippen LogP contribution in [0.3, 0.4) is 0 Å². The molecule has 4 heteroatoms.